The third-order valence-corrected chi connectivity index (χ3v) is 5.27. The van der Waals surface area contributed by atoms with Gasteiger partial charge in [-0.2, -0.15) is 5.26 Å². The first-order valence-corrected chi connectivity index (χ1v) is 10.3. The van der Waals surface area contributed by atoms with Crippen LogP contribution in [0.2, 0.25) is 0 Å². The van der Waals surface area contributed by atoms with Gasteiger partial charge in [0, 0.05) is 10.6 Å². The second-order valence-corrected chi connectivity index (χ2v) is 7.61. The maximum Gasteiger partial charge on any atom is 0.339 e. The summed E-state index contributed by atoms with van der Waals surface area (Å²) in [7, 11) is 0. The number of nitrogens with zero attached hydrogens (tertiary/aromatic N) is 1. The standard InChI is InChI=1S/C24H20N2O3S/c1-17-6-4-8-19(12-17)15-29-24(28)21-10-2-3-11-22(21)30-16-23(27)26-20-9-5-7-18(13-20)14-25/h2-13H,15-16H2,1H3,(H,26,27). The molecule has 0 aliphatic rings. The zero-order valence-electron chi connectivity index (χ0n) is 16.4. The van der Waals surface area contributed by atoms with Crippen LogP contribution >= 0.6 is 11.8 Å². The van der Waals surface area contributed by atoms with Crippen molar-refractivity contribution >= 4 is 29.3 Å². The zero-order valence-corrected chi connectivity index (χ0v) is 17.2. The molecule has 3 rings (SSSR count). The second kappa shape index (κ2) is 10.3. The van der Waals surface area contributed by atoms with Crippen LogP contribution in [-0.4, -0.2) is 17.6 Å². The summed E-state index contributed by atoms with van der Waals surface area (Å²) in [6.45, 7) is 2.17. The number of carbonyl (C=O) groups excluding carboxylic acids is 2. The number of amides is 1. The number of rotatable bonds is 7. The maximum absolute atomic E-state index is 12.6. The van der Waals surface area contributed by atoms with Gasteiger partial charge in [-0.1, -0.05) is 48.0 Å². The predicted octanol–water partition coefficient (Wildman–Crippen LogP) is 4.95. The summed E-state index contributed by atoms with van der Waals surface area (Å²) in [5, 5.41) is 11.7. The Morgan fingerprint density at radius 2 is 1.83 bits per heavy atom. The molecule has 150 valence electrons. The van der Waals surface area contributed by atoms with Gasteiger partial charge in [-0.15, -0.1) is 11.8 Å². The molecule has 0 atom stereocenters. The van der Waals surface area contributed by atoms with Gasteiger partial charge >= 0.3 is 5.97 Å². The van der Waals surface area contributed by atoms with Crippen LogP contribution in [0.1, 0.15) is 27.0 Å². The Labute approximate surface area is 179 Å². The van der Waals surface area contributed by atoms with Crippen LogP contribution in [0.25, 0.3) is 0 Å². The number of benzene rings is 3. The highest BCUT2D eigenvalue weighted by Gasteiger charge is 2.14. The number of hydrogen-bond acceptors (Lipinski definition) is 5. The van der Waals surface area contributed by atoms with Crippen molar-refractivity contribution < 1.29 is 14.3 Å². The molecule has 0 radical (unpaired) electrons. The van der Waals surface area contributed by atoms with Crippen LogP contribution in [-0.2, 0) is 16.1 Å². The number of aryl methyl sites for hydroxylation is 1. The molecule has 0 bridgehead atoms. The summed E-state index contributed by atoms with van der Waals surface area (Å²) in [6, 6.07) is 23.6. The molecular formula is C24H20N2O3S. The Kier molecular flexibility index (Phi) is 7.25. The fourth-order valence-corrected chi connectivity index (χ4v) is 3.64. The minimum Gasteiger partial charge on any atom is -0.457 e. The fourth-order valence-electron chi connectivity index (χ4n) is 2.80. The molecule has 5 nitrogen and oxygen atoms in total. The quantitative estimate of drug-likeness (QED) is 0.435. The number of nitriles is 1. The van der Waals surface area contributed by atoms with Crippen LogP contribution in [0.4, 0.5) is 5.69 Å². The highest BCUT2D eigenvalue weighted by atomic mass is 32.2. The summed E-state index contributed by atoms with van der Waals surface area (Å²) < 4.78 is 5.45. The van der Waals surface area contributed by atoms with Crippen LogP contribution in [0.15, 0.2) is 77.7 Å². The van der Waals surface area contributed by atoms with Crippen LogP contribution in [0, 0.1) is 18.3 Å². The van der Waals surface area contributed by atoms with Gasteiger partial charge in [0.2, 0.25) is 5.91 Å². The van der Waals surface area contributed by atoms with E-state index in [-0.39, 0.29) is 18.3 Å². The summed E-state index contributed by atoms with van der Waals surface area (Å²) in [5.41, 5.74) is 3.49. The van der Waals surface area contributed by atoms with Gasteiger partial charge in [0.05, 0.1) is 22.9 Å². The summed E-state index contributed by atoms with van der Waals surface area (Å²) in [6.07, 6.45) is 0. The minimum atomic E-state index is -0.429. The summed E-state index contributed by atoms with van der Waals surface area (Å²) in [5.74, 6) is -0.529. The normalized spacial score (nSPS) is 10.1. The van der Waals surface area contributed by atoms with E-state index in [1.807, 2.05) is 43.3 Å². The Hall–Kier alpha value is -3.56. The lowest BCUT2D eigenvalue weighted by Gasteiger charge is -2.10. The van der Waals surface area contributed by atoms with Crippen LogP contribution in [0.3, 0.4) is 0 Å². The second-order valence-electron chi connectivity index (χ2n) is 6.59. The van der Waals surface area contributed by atoms with Crippen LogP contribution < -0.4 is 5.32 Å². The lowest BCUT2D eigenvalue weighted by atomic mass is 10.1. The molecule has 0 fully saturated rings. The zero-order chi connectivity index (χ0) is 21.3. The van der Waals surface area contributed by atoms with Gasteiger partial charge < -0.3 is 10.1 Å². The molecule has 0 aliphatic carbocycles. The third-order valence-electron chi connectivity index (χ3n) is 4.19. The van der Waals surface area contributed by atoms with Crippen LogP contribution in [0.5, 0.6) is 0 Å². The Bertz CT molecular complexity index is 1110. The van der Waals surface area contributed by atoms with Gasteiger partial charge in [0.25, 0.3) is 0 Å². The molecular weight excluding hydrogens is 396 g/mol. The summed E-state index contributed by atoms with van der Waals surface area (Å²) in [4.78, 5) is 25.5. The number of esters is 1. The van der Waals surface area contributed by atoms with Crippen molar-refractivity contribution in [3.63, 3.8) is 0 Å². The highest BCUT2D eigenvalue weighted by molar-refractivity contribution is 8.00. The molecule has 3 aromatic rings. The molecule has 0 saturated heterocycles. The van der Waals surface area contributed by atoms with E-state index in [1.54, 1.807) is 42.5 Å². The Morgan fingerprint density at radius 3 is 2.63 bits per heavy atom. The first kappa shape index (κ1) is 21.2. The molecule has 1 amide bonds. The molecule has 30 heavy (non-hydrogen) atoms. The molecule has 3 aromatic carbocycles. The van der Waals surface area contributed by atoms with Crippen molar-refractivity contribution in [1.29, 1.82) is 5.26 Å². The SMILES string of the molecule is Cc1cccc(COC(=O)c2ccccc2SCC(=O)Nc2cccc(C#N)c2)c1. The average molecular weight is 417 g/mol. The number of ether oxygens (including phenoxy) is 1. The number of nitrogens with one attached hydrogen (secondary N) is 1. The largest absolute Gasteiger partial charge is 0.457 e. The Balaban J connectivity index is 1.59. The van der Waals surface area contributed by atoms with E-state index < -0.39 is 5.97 Å². The predicted molar refractivity (Wildman–Crippen MR) is 117 cm³/mol. The van der Waals surface area contributed by atoms with E-state index in [4.69, 9.17) is 10.00 Å². The van der Waals surface area contributed by atoms with E-state index >= 15 is 0 Å². The monoisotopic (exact) mass is 416 g/mol. The van der Waals surface area contributed by atoms with Crippen molar-refractivity contribution in [3.05, 3.63) is 95.1 Å². The molecule has 1 N–H and O–H groups in total. The van der Waals surface area contributed by atoms with E-state index in [9.17, 15) is 9.59 Å². The molecule has 0 spiro atoms. The van der Waals surface area contributed by atoms with Gasteiger partial charge in [0.1, 0.15) is 6.61 Å². The number of hydrogen-bond donors (Lipinski definition) is 1. The van der Waals surface area contributed by atoms with Gasteiger partial charge in [-0.05, 0) is 42.8 Å². The average Bonchev–Trinajstić information content (AvgIpc) is 2.76. The van der Waals surface area contributed by atoms with Crippen molar-refractivity contribution in [3.8, 4) is 6.07 Å². The highest BCUT2D eigenvalue weighted by Crippen LogP contribution is 2.24. The minimum absolute atomic E-state index is 0.124. The lowest BCUT2D eigenvalue weighted by molar-refractivity contribution is -0.113. The van der Waals surface area contributed by atoms with Crippen molar-refractivity contribution in [2.75, 3.05) is 11.1 Å². The van der Waals surface area contributed by atoms with E-state index in [1.165, 1.54) is 11.8 Å². The molecule has 0 aromatic heterocycles. The van der Waals surface area contributed by atoms with Gasteiger partial charge in [-0.25, -0.2) is 4.79 Å². The van der Waals surface area contributed by atoms with Gasteiger partial charge in [0.15, 0.2) is 0 Å². The lowest BCUT2D eigenvalue weighted by Crippen LogP contribution is -2.14. The van der Waals surface area contributed by atoms with Crippen molar-refractivity contribution in [1.82, 2.24) is 0 Å². The van der Waals surface area contributed by atoms with Crippen molar-refractivity contribution in [2.24, 2.45) is 0 Å². The van der Waals surface area contributed by atoms with E-state index in [2.05, 4.69) is 5.32 Å². The smallest absolute Gasteiger partial charge is 0.339 e. The Morgan fingerprint density at radius 1 is 1.03 bits per heavy atom. The van der Waals surface area contributed by atoms with E-state index in [0.717, 1.165) is 11.1 Å². The first-order chi connectivity index (χ1) is 14.5. The first-order valence-electron chi connectivity index (χ1n) is 9.29. The summed E-state index contributed by atoms with van der Waals surface area (Å²) >= 11 is 1.26. The number of thioether (sulfide) groups is 1. The fraction of sp³-hybridized carbons (Fsp3) is 0.125. The molecule has 0 heterocycles. The van der Waals surface area contributed by atoms with E-state index in [0.29, 0.717) is 21.7 Å². The number of carbonyl (C=O) groups is 2. The molecule has 6 heteroatoms. The number of anilines is 1. The molecule has 0 unspecified atom stereocenters. The molecule has 0 saturated carbocycles. The maximum atomic E-state index is 12.6. The van der Waals surface area contributed by atoms with Gasteiger partial charge in [-0.3, -0.25) is 4.79 Å². The van der Waals surface area contributed by atoms with Crippen molar-refractivity contribution in [2.45, 2.75) is 18.4 Å². The molecule has 0 aliphatic heterocycles. The third kappa shape index (κ3) is 5.97. The topological polar surface area (TPSA) is 79.2 Å².